The second kappa shape index (κ2) is 13.2. The molecule has 1 N–H and O–H groups in total. The standard InChI is InChI=1S/C24H24ClN5O2S.ClH/c1-31-22-13-7-9-18(23(22)32-17-19-8-5-6-12-21(19)25)16-26-14-15-33-24-27-28-29-30(24)20-10-3-2-4-11-20;/h2-13,26H,14-17H2,1H3;1H. The summed E-state index contributed by atoms with van der Waals surface area (Å²) >= 11 is 7.87. The first-order chi connectivity index (χ1) is 16.3. The molecule has 0 saturated carbocycles. The van der Waals surface area contributed by atoms with E-state index in [2.05, 4.69) is 20.8 Å². The number of hydrogen-bond acceptors (Lipinski definition) is 7. The maximum absolute atomic E-state index is 6.27. The van der Waals surface area contributed by atoms with E-state index in [1.807, 2.05) is 72.8 Å². The Labute approximate surface area is 214 Å². The van der Waals surface area contributed by atoms with Crippen LogP contribution in [0.1, 0.15) is 11.1 Å². The quantitative estimate of drug-likeness (QED) is 0.216. The molecule has 0 aliphatic heterocycles. The molecule has 1 aromatic heterocycles. The van der Waals surface area contributed by atoms with Gasteiger partial charge in [-0.25, -0.2) is 0 Å². The first-order valence-corrected chi connectivity index (χ1v) is 11.8. The van der Waals surface area contributed by atoms with Gasteiger partial charge in [-0.1, -0.05) is 71.9 Å². The van der Waals surface area contributed by atoms with Crippen LogP contribution < -0.4 is 14.8 Å². The normalized spacial score (nSPS) is 10.5. The summed E-state index contributed by atoms with van der Waals surface area (Å²) in [6.45, 7) is 1.78. The molecule has 0 radical (unpaired) electrons. The Morgan fingerprint density at radius 1 is 0.971 bits per heavy atom. The van der Waals surface area contributed by atoms with E-state index in [0.29, 0.717) is 29.7 Å². The molecular formula is C24H25Cl2N5O2S. The largest absolute Gasteiger partial charge is 0.493 e. The molecule has 0 saturated heterocycles. The van der Waals surface area contributed by atoms with Crippen molar-refractivity contribution in [3.63, 3.8) is 0 Å². The molecule has 0 bridgehead atoms. The Balaban J connectivity index is 0.00000324. The summed E-state index contributed by atoms with van der Waals surface area (Å²) < 4.78 is 13.4. The Kier molecular flexibility index (Phi) is 10.0. The average molecular weight is 518 g/mol. The van der Waals surface area contributed by atoms with Gasteiger partial charge in [-0.3, -0.25) is 0 Å². The molecule has 0 aliphatic carbocycles. The number of thioether (sulfide) groups is 1. The molecule has 1 heterocycles. The summed E-state index contributed by atoms with van der Waals surface area (Å²) in [7, 11) is 1.64. The smallest absolute Gasteiger partial charge is 0.214 e. The number of para-hydroxylation sites is 2. The molecule has 0 atom stereocenters. The molecule has 0 aliphatic rings. The molecule has 7 nitrogen and oxygen atoms in total. The zero-order valence-corrected chi connectivity index (χ0v) is 20.9. The SMILES string of the molecule is COc1cccc(CNCCSc2nnnn2-c2ccccc2)c1OCc1ccccc1Cl.Cl. The van der Waals surface area contributed by atoms with Crippen LogP contribution in [-0.4, -0.2) is 39.6 Å². The fourth-order valence-corrected chi connectivity index (χ4v) is 4.21. The van der Waals surface area contributed by atoms with Crippen molar-refractivity contribution < 1.29 is 9.47 Å². The van der Waals surface area contributed by atoms with Crippen LogP contribution >= 0.6 is 35.8 Å². The summed E-state index contributed by atoms with van der Waals surface area (Å²) in [5, 5.41) is 16.9. The molecule has 34 heavy (non-hydrogen) atoms. The van der Waals surface area contributed by atoms with Crippen molar-refractivity contribution >= 4 is 35.8 Å². The van der Waals surface area contributed by atoms with Crippen LogP contribution in [0.25, 0.3) is 5.69 Å². The second-order valence-corrected chi connectivity index (χ2v) is 8.53. The van der Waals surface area contributed by atoms with E-state index in [1.54, 1.807) is 23.6 Å². The van der Waals surface area contributed by atoms with Gasteiger partial charge in [0.25, 0.3) is 0 Å². The number of tetrazole rings is 1. The predicted octanol–water partition coefficient (Wildman–Crippen LogP) is 5.21. The van der Waals surface area contributed by atoms with Gasteiger partial charge in [-0.15, -0.1) is 17.5 Å². The highest BCUT2D eigenvalue weighted by atomic mass is 35.5. The van der Waals surface area contributed by atoms with Gasteiger partial charge in [0.1, 0.15) is 6.61 Å². The van der Waals surface area contributed by atoms with Gasteiger partial charge in [0, 0.05) is 35.0 Å². The zero-order valence-electron chi connectivity index (χ0n) is 18.6. The lowest BCUT2D eigenvalue weighted by molar-refractivity contribution is 0.281. The number of benzene rings is 3. The van der Waals surface area contributed by atoms with Gasteiger partial charge in [0.05, 0.1) is 12.8 Å². The molecule has 4 aromatic rings. The van der Waals surface area contributed by atoms with Crippen molar-refractivity contribution in [2.75, 3.05) is 19.4 Å². The minimum absolute atomic E-state index is 0. The summed E-state index contributed by atoms with van der Waals surface area (Å²) in [6.07, 6.45) is 0. The van der Waals surface area contributed by atoms with Gasteiger partial charge in [-0.2, -0.15) is 4.68 Å². The van der Waals surface area contributed by atoms with E-state index in [4.69, 9.17) is 21.1 Å². The number of methoxy groups -OCH3 is 1. The molecule has 178 valence electrons. The van der Waals surface area contributed by atoms with Gasteiger partial charge >= 0.3 is 0 Å². The fourth-order valence-electron chi connectivity index (χ4n) is 3.23. The number of nitrogens with one attached hydrogen (secondary N) is 1. The van der Waals surface area contributed by atoms with Crippen LogP contribution in [0.15, 0.2) is 78.0 Å². The monoisotopic (exact) mass is 517 g/mol. The first kappa shape index (κ1) is 25.8. The second-order valence-electron chi connectivity index (χ2n) is 7.06. The Morgan fingerprint density at radius 2 is 1.74 bits per heavy atom. The van der Waals surface area contributed by atoms with Gasteiger partial charge < -0.3 is 14.8 Å². The Hall–Kier alpha value is -2.78. The predicted molar refractivity (Wildman–Crippen MR) is 138 cm³/mol. The maximum Gasteiger partial charge on any atom is 0.214 e. The van der Waals surface area contributed by atoms with Crippen LogP contribution in [-0.2, 0) is 13.2 Å². The lowest BCUT2D eigenvalue weighted by atomic mass is 10.1. The van der Waals surface area contributed by atoms with Crippen molar-refractivity contribution in [1.29, 1.82) is 0 Å². The number of halogens is 2. The molecule has 10 heteroatoms. The summed E-state index contributed by atoms with van der Waals surface area (Å²) in [5.74, 6) is 2.22. The average Bonchev–Trinajstić information content (AvgIpc) is 3.32. The molecule has 4 rings (SSSR count). The van der Waals surface area contributed by atoms with E-state index in [-0.39, 0.29) is 12.4 Å². The molecular weight excluding hydrogens is 493 g/mol. The third kappa shape index (κ3) is 6.64. The number of rotatable bonds is 11. The van der Waals surface area contributed by atoms with Crippen molar-refractivity contribution in [2.24, 2.45) is 0 Å². The molecule has 0 fully saturated rings. The van der Waals surface area contributed by atoms with Crippen molar-refractivity contribution in [2.45, 2.75) is 18.3 Å². The van der Waals surface area contributed by atoms with Crippen molar-refractivity contribution in [3.05, 3.63) is 88.9 Å². The maximum atomic E-state index is 6.27. The third-order valence-electron chi connectivity index (χ3n) is 4.88. The van der Waals surface area contributed by atoms with E-state index in [0.717, 1.165) is 34.3 Å². The number of ether oxygens (including phenoxy) is 2. The fraction of sp³-hybridized carbons (Fsp3) is 0.208. The molecule has 0 spiro atoms. The highest BCUT2D eigenvalue weighted by Gasteiger charge is 2.12. The van der Waals surface area contributed by atoms with Gasteiger partial charge in [-0.05, 0) is 34.7 Å². The summed E-state index contributed by atoms with van der Waals surface area (Å²) in [4.78, 5) is 0. The van der Waals surface area contributed by atoms with Crippen molar-refractivity contribution in [3.8, 4) is 17.2 Å². The summed E-state index contributed by atoms with van der Waals surface area (Å²) in [5.41, 5.74) is 2.88. The lowest BCUT2D eigenvalue weighted by Crippen LogP contribution is -2.17. The highest BCUT2D eigenvalue weighted by molar-refractivity contribution is 7.99. The topological polar surface area (TPSA) is 74.1 Å². The number of aromatic nitrogens is 4. The van der Waals surface area contributed by atoms with Crippen LogP contribution in [0.4, 0.5) is 0 Å². The highest BCUT2D eigenvalue weighted by Crippen LogP contribution is 2.32. The first-order valence-electron chi connectivity index (χ1n) is 10.5. The van der Waals surface area contributed by atoms with Gasteiger partial charge in [0.2, 0.25) is 5.16 Å². The van der Waals surface area contributed by atoms with Crippen LogP contribution in [0, 0.1) is 0 Å². The van der Waals surface area contributed by atoms with E-state index < -0.39 is 0 Å². The van der Waals surface area contributed by atoms with E-state index >= 15 is 0 Å². The molecule has 0 unspecified atom stereocenters. The van der Waals surface area contributed by atoms with Gasteiger partial charge in [0.15, 0.2) is 11.5 Å². The van der Waals surface area contributed by atoms with Crippen LogP contribution in [0.5, 0.6) is 11.5 Å². The van der Waals surface area contributed by atoms with E-state index in [9.17, 15) is 0 Å². The zero-order chi connectivity index (χ0) is 22.9. The third-order valence-corrected chi connectivity index (χ3v) is 6.17. The summed E-state index contributed by atoms with van der Waals surface area (Å²) in [6, 6.07) is 23.4. The van der Waals surface area contributed by atoms with Crippen LogP contribution in [0.3, 0.4) is 0 Å². The minimum atomic E-state index is 0. The Morgan fingerprint density at radius 3 is 2.53 bits per heavy atom. The van der Waals surface area contributed by atoms with E-state index in [1.165, 1.54) is 0 Å². The minimum Gasteiger partial charge on any atom is -0.493 e. The number of hydrogen-bond donors (Lipinski definition) is 1. The number of nitrogens with zero attached hydrogens (tertiary/aromatic N) is 4. The lowest BCUT2D eigenvalue weighted by Gasteiger charge is -2.16. The molecule has 3 aromatic carbocycles. The Bertz CT molecular complexity index is 1180. The van der Waals surface area contributed by atoms with Crippen molar-refractivity contribution in [1.82, 2.24) is 25.5 Å². The van der Waals surface area contributed by atoms with Crippen LogP contribution in [0.2, 0.25) is 5.02 Å². The molecule has 0 amide bonds.